The minimum Gasteiger partial charge on any atom is -0.493 e. The number of halogens is 2. The largest absolute Gasteiger partial charge is 0.493 e. The predicted molar refractivity (Wildman–Crippen MR) is 53.8 cm³/mol. The average Bonchev–Trinajstić information content (AvgIpc) is 2.26. The lowest BCUT2D eigenvalue weighted by Gasteiger charge is -2.08. The van der Waals surface area contributed by atoms with E-state index >= 15 is 0 Å². The Morgan fingerprint density at radius 1 is 1.47 bits per heavy atom. The maximum absolute atomic E-state index is 13.4. The molecule has 3 nitrogen and oxygen atoms in total. The van der Waals surface area contributed by atoms with Crippen LogP contribution in [0.4, 0.5) is 4.39 Å². The standard InChI is InChI=1S/C10H10ClFO3/c1-14-9-7(5-11)3-6(4-8(9)12)10(13)15-2/h3-4H,5H2,1-2H3. The van der Waals surface area contributed by atoms with Gasteiger partial charge in [-0.25, -0.2) is 9.18 Å². The molecule has 0 aliphatic rings. The first-order chi connectivity index (χ1) is 7.13. The second-order valence-corrected chi connectivity index (χ2v) is 3.04. The summed E-state index contributed by atoms with van der Waals surface area (Å²) in [5.41, 5.74) is 0.533. The van der Waals surface area contributed by atoms with Crippen molar-refractivity contribution in [2.45, 2.75) is 5.88 Å². The topological polar surface area (TPSA) is 35.5 Å². The first kappa shape index (κ1) is 11.8. The van der Waals surface area contributed by atoms with E-state index in [0.717, 1.165) is 6.07 Å². The van der Waals surface area contributed by atoms with Gasteiger partial charge in [0.15, 0.2) is 11.6 Å². The van der Waals surface area contributed by atoms with Gasteiger partial charge in [0.2, 0.25) is 0 Å². The number of carbonyl (C=O) groups is 1. The highest BCUT2D eigenvalue weighted by Crippen LogP contribution is 2.26. The van der Waals surface area contributed by atoms with Crippen molar-refractivity contribution < 1.29 is 18.7 Å². The van der Waals surface area contributed by atoms with Crippen LogP contribution < -0.4 is 4.74 Å². The Bertz CT molecular complexity index is 379. The highest BCUT2D eigenvalue weighted by atomic mass is 35.5. The number of carbonyl (C=O) groups excluding carboxylic acids is 1. The number of rotatable bonds is 3. The van der Waals surface area contributed by atoms with E-state index in [0.29, 0.717) is 5.56 Å². The first-order valence-electron chi connectivity index (χ1n) is 4.14. The summed E-state index contributed by atoms with van der Waals surface area (Å²) in [6.07, 6.45) is 0. The lowest BCUT2D eigenvalue weighted by molar-refractivity contribution is 0.0600. The molecule has 0 fully saturated rings. The zero-order chi connectivity index (χ0) is 11.4. The first-order valence-corrected chi connectivity index (χ1v) is 4.68. The molecular weight excluding hydrogens is 223 g/mol. The van der Waals surface area contributed by atoms with Crippen LogP contribution in [0.25, 0.3) is 0 Å². The van der Waals surface area contributed by atoms with E-state index in [9.17, 15) is 9.18 Å². The molecule has 82 valence electrons. The van der Waals surface area contributed by atoms with Gasteiger partial charge in [0.25, 0.3) is 0 Å². The van der Waals surface area contributed by atoms with Gasteiger partial charge in [-0.3, -0.25) is 0 Å². The van der Waals surface area contributed by atoms with Gasteiger partial charge in [0.1, 0.15) is 0 Å². The van der Waals surface area contributed by atoms with Crippen molar-refractivity contribution >= 4 is 17.6 Å². The summed E-state index contributed by atoms with van der Waals surface area (Å²) in [6, 6.07) is 2.50. The van der Waals surface area contributed by atoms with Crippen LogP contribution in [0, 0.1) is 5.82 Å². The second-order valence-electron chi connectivity index (χ2n) is 2.78. The Labute approximate surface area is 91.7 Å². The molecule has 0 amide bonds. The molecule has 1 rings (SSSR count). The molecule has 0 bridgehead atoms. The quantitative estimate of drug-likeness (QED) is 0.593. The Kier molecular flexibility index (Phi) is 3.91. The van der Waals surface area contributed by atoms with E-state index in [-0.39, 0.29) is 17.2 Å². The maximum Gasteiger partial charge on any atom is 0.337 e. The van der Waals surface area contributed by atoms with Gasteiger partial charge in [-0.15, -0.1) is 11.6 Å². The van der Waals surface area contributed by atoms with Crippen LogP contribution in [-0.4, -0.2) is 20.2 Å². The van der Waals surface area contributed by atoms with E-state index in [1.165, 1.54) is 20.3 Å². The summed E-state index contributed by atoms with van der Waals surface area (Å²) in [4.78, 5) is 11.2. The Morgan fingerprint density at radius 3 is 2.60 bits per heavy atom. The molecule has 15 heavy (non-hydrogen) atoms. The van der Waals surface area contributed by atoms with E-state index in [1.807, 2.05) is 0 Å². The Morgan fingerprint density at radius 2 is 2.13 bits per heavy atom. The number of hydrogen-bond acceptors (Lipinski definition) is 3. The van der Waals surface area contributed by atoms with Crippen LogP contribution >= 0.6 is 11.6 Å². The van der Waals surface area contributed by atoms with Gasteiger partial charge < -0.3 is 9.47 Å². The smallest absolute Gasteiger partial charge is 0.337 e. The van der Waals surface area contributed by atoms with Crippen LogP contribution in [-0.2, 0) is 10.6 Å². The number of esters is 1. The third kappa shape index (κ3) is 2.39. The Hall–Kier alpha value is -1.29. The molecule has 0 heterocycles. The van der Waals surface area contributed by atoms with Crippen molar-refractivity contribution in [3.05, 3.63) is 29.1 Å². The summed E-state index contributed by atoms with van der Waals surface area (Å²) < 4.78 is 22.7. The molecule has 0 spiro atoms. The van der Waals surface area contributed by atoms with Crippen LogP contribution in [0.1, 0.15) is 15.9 Å². The summed E-state index contributed by atoms with van der Waals surface area (Å²) in [7, 11) is 2.57. The molecule has 0 unspecified atom stereocenters. The van der Waals surface area contributed by atoms with Gasteiger partial charge in [-0.05, 0) is 12.1 Å². The number of alkyl halides is 1. The van der Waals surface area contributed by atoms with Gasteiger partial charge in [0.05, 0.1) is 25.7 Å². The molecule has 5 heteroatoms. The van der Waals surface area contributed by atoms with Gasteiger partial charge in [0, 0.05) is 5.56 Å². The molecule has 0 saturated heterocycles. The zero-order valence-electron chi connectivity index (χ0n) is 8.34. The molecule has 0 saturated carbocycles. The normalized spacial score (nSPS) is 9.87. The van der Waals surface area contributed by atoms with Crippen LogP contribution in [0.15, 0.2) is 12.1 Å². The maximum atomic E-state index is 13.4. The monoisotopic (exact) mass is 232 g/mol. The third-order valence-corrected chi connectivity index (χ3v) is 2.18. The van der Waals surface area contributed by atoms with Crippen molar-refractivity contribution in [1.29, 1.82) is 0 Å². The van der Waals surface area contributed by atoms with Gasteiger partial charge in [-0.1, -0.05) is 0 Å². The SMILES string of the molecule is COC(=O)c1cc(F)c(OC)c(CCl)c1. The predicted octanol–water partition coefficient (Wildman–Crippen LogP) is 2.36. The molecule has 1 aromatic carbocycles. The fraction of sp³-hybridized carbons (Fsp3) is 0.300. The van der Waals surface area contributed by atoms with Crippen LogP contribution in [0.5, 0.6) is 5.75 Å². The Balaban J connectivity index is 3.25. The minimum absolute atomic E-state index is 0.0534. The zero-order valence-corrected chi connectivity index (χ0v) is 9.10. The summed E-state index contributed by atoms with van der Waals surface area (Å²) >= 11 is 5.60. The van der Waals surface area contributed by atoms with Crippen molar-refractivity contribution in [1.82, 2.24) is 0 Å². The summed E-state index contributed by atoms with van der Waals surface area (Å²) in [5.74, 6) is -1.12. The molecule has 0 N–H and O–H groups in total. The van der Waals surface area contributed by atoms with Crippen LogP contribution in [0.3, 0.4) is 0 Å². The molecule has 0 aromatic heterocycles. The number of ether oxygens (including phenoxy) is 2. The van der Waals surface area contributed by atoms with Gasteiger partial charge in [-0.2, -0.15) is 0 Å². The molecule has 1 aromatic rings. The van der Waals surface area contributed by atoms with Crippen molar-refractivity contribution in [2.24, 2.45) is 0 Å². The third-order valence-electron chi connectivity index (χ3n) is 1.89. The molecule has 0 aliphatic heterocycles. The number of benzene rings is 1. The molecule has 0 aliphatic carbocycles. The van der Waals surface area contributed by atoms with E-state index in [4.69, 9.17) is 16.3 Å². The average molecular weight is 233 g/mol. The highest BCUT2D eigenvalue weighted by molar-refractivity contribution is 6.17. The fourth-order valence-corrected chi connectivity index (χ4v) is 1.41. The van der Waals surface area contributed by atoms with E-state index in [1.54, 1.807) is 0 Å². The fourth-order valence-electron chi connectivity index (χ4n) is 1.21. The van der Waals surface area contributed by atoms with Crippen LogP contribution in [0.2, 0.25) is 0 Å². The van der Waals surface area contributed by atoms with Crippen molar-refractivity contribution in [2.75, 3.05) is 14.2 Å². The second kappa shape index (κ2) is 4.98. The minimum atomic E-state index is -0.629. The van der Waals surface area contributed by atoms with E-state index < -0.39 is 11.8 Å². The summed E-state index contributed by atoms with van der Waals surface area (Å²) in [6.45, 7) is 0. The lowest BCUT2D eigenvalue weighted by atomic mass is 10.1. The molecule has 0 radical (unpaired) electrons. The lowest BCUT2D eigenvalue weighted by Crippen LogP contribution is -2.04. The number of methoxy groups -OCH3 is 2. The molecular formula is C10H10ClFO3. The van der Waals surface area contributed by atoms with Crippen molar-refractivity contribution in [3.8, 4) is 5.75 Å². The van der Waals surface area contributed by atoms with Crippen molar-refractivity contribution in [3.63, 3.8) is 0 Å². The summed E-state index contributed by atoms with van der Waals surface area (Å²) in [5, 5.41) is 0. The van der Waals surface area contributed by atoms with E-state index in [2.05, 4.69) is 4.74 Å². The molecule has 0 atom stereocenters. The highest BCUT2D eigenvalue weighted by Gasteiger charge is 2.15. The number of hydrogen-bond donors (Lipinski definition) is 0. The van der Waals surface area contributed by atoms with Gasteiger partial charge >= 0.3 is 5.97 Å².